The fourth-order valence-corrected chi connectivity index (χ4v) is 2.34. The van der Waals surface area contributed by atoms with Crippen LogP contribution in [0.15, 0.2) is 36.7 Å². The Morgan fingerprint density at radius 3 is 2.81 bits per heavy atom. The van der Waals surface area contributed by atoms with Gasteiger partial charge in [0, 0.05) is 13.1 Å². The molecule has 0 bridgehead atoms. The van der Waals surface area contributed by atoms with Crippen LogP contribution in [0.4, 0.5) is 0 Å². The average molecular weight is 287 g/mol. The first kappa shape index (κ1) is 15.7. The Kier molecular flexibility index (Phi) is 6.37. The molecule has 0 aliphatic rings. The van der Waals surface area contributed by atoms with Crippen molar-refractivity contribution in [2.45, 2.75) is 33.0 Å². The van der Waals surface area contributed by atoms with Crippen molar-refractivity contribution in [3.63, 3.8) is 0 Å². The lowest BCUT2D eigenvalue weighted by Gasteiger charge is -2.16. The summed E-state index contributed by atoms with van der Waals surface area (Å²) in [5.41, 5.74) is 1.36. The summed E-state index contributed by atoms with van der Waals surface area (Å²) in [7, 11) is 2.17. The number of rotatable bonds is 9. The van der Waals surface area contributed by atoms with Crippen molar-refractivity contribution < 1.29 is 0 Å². The lowest BCUT2D eigenvalue weighted by molar-refractivity contribution is 0.319. The molecule has 0 saturated heterocycles. The number of hydrogen-bond acceptors (Lipinski definition) is 4. The summed E-state index contributed by atoms with van der Waals surface area (Å²) in [5.74, 6) is 1.01. The maximum atomic E-state index is 4.25. The monoisotopic (exact) mass is 287 g/mol. The second-order valence-electron chi connectivity index (χ2n) is 5.25. The number of hydrogen-bond donors (Lipinski definition) is 1. The molecular formula is C16H25N5. The molecule has 0 radical (unpaired) electrons. The zero-order chi connectivity index (χ0) is 14.9. The zero-order valence-electron chi connectivity index (χ0n) is 13.0. The van der Waals surface area contributed by atoms with Crippen molar-refractivity contribution >= 4 is 0 Å². The molecule has 0 saturated carbocycles. The summed E-state index contributed by atoms with van der Waals surface area (Å²) < 4.78 is 1.93. The zero-order valence-corrected chi connectivity index (χ0v) is 13.0. The molecule has 0 spiro atoms. The van der Waals surface area contributed by atoms with Gasteiger partial charge in [0.2, 0.25) is 0 Å². The van der Waals surface area contributed by atoms with E-state index in [0.717, 1.165) is 45.0 Å². The van der Waals surface area contributed by atoms with Crippen molar-refractivity contribution in [2.75, 3.05) is 20.1 Å². The number of aryl methyl sites for hydroxylation is 1. The van der Waals surface area contributed by atoms with E-state index in [-0.39, 0.29) is 0 Å². The summed E-state index contributed by atoms with van der Waals surface area (Å²) in [5, 5.41) is 7.60. The van der Waals surface area contributed by atoms with E-state index in [2.05, 4.69) is 64.6 Å². The summed E-state index contributed by atoms with van der Waals surface area (Å²) in [6.07, 6.45) is 2.75. The minimum absolute atomic E-state index is 0.788. The van der Waals surface area contributed by atoms with Crippen LogP contribution in [0, 0.1) is 0 Å². The number of benzene rings is 1. The molecule has 5 heteroatoms. The van der Waals surface area contributed by atoms with Crippen LogP contribution in [0.3, 0.4) is 0 Å². The molecule has 1 N–H and O–H groups in total. The van der Waals surface area contributed by atoms with Crippen molar-refractivity contribution in [3.05, 3.63) is 48.0 Å². The van der Waals surface area contributed by atoms with Gasteiger partial charge in [-0.15, -0.1) is 0 Å². The second-order valence-corrected chi connectivity index (χ2v) is 5.25. The molecule has 0 unspecified atom stereocenters. The summed E-state index contributed by atoms with van der Waals surface area (Å²) in [6, 6.07) is 10.6. The Labute approximate surface area is 127 Å². The molecule has 0 amide bonds. The van der Waals surface area contributed by atoms with E-state index in [4.69, 9.17) is 0 Å². The minimum Gasteiger partial charge on any atom is -0.310 e. The van der Waals surface area contributed by atoms with Crippen LogP contribution in [0.1, 0.15) is 24.7 Å². The van der Waals surface area contributed by atoms with Crippen molar-refractivity contribution in [1.29, 1.82) is 0 Å². The Morgan fingerprint density at radius 1 is 1.24 bits per heavy atom. The summed E-state index contributed by atoms with van der Waals surface area (Å²) in [6.45, 7) is 6.83. The fourth-order valence-electron chi connectivity index (χ4n) is 2.34. The molecule has 2 rings (SSSR count). The molecule has 1 heterocycles. The number of nitrogens with zero attached hydrogens (tertiary/aromatic N) is 4. The Hall–Kier alpha value is -1.72. The quantitative estimate of drug-likeness (QED) is 0.716. The van der Waals surface area contributed by atoms with Crippen LogP contribution in [0.25, 0.3) is 0 Å². The summed E-state index contributed by atoms with van der Waals surface area (Å²) >= 11 is 0. The van der Waals surface area contributed by atoms with Gasteiger partial charge in [0.15, 0.2) is 0 Å². The third-order valence-electron chi connectivity index (χ3n) is 3.47. The normalized spacial score (nSPS) is 11.2. The molecule has 0 fully saturated rings. The molecule has 1 aromatic carbocycles. The maximum absolute atomic E-state index is 4.25. The van der Waals surface area contributed by atoms with Crippen molar-refractivity contribution in [2.24, 2.45) is 0 Å². The van der Waals surface area contributed by atoms with E-state index in [0.29, 0.717) is 0 Å². The third-order valence-corrected chi connectivity index (χ3v) is 3.47. The first-order valence-electron chi connectivity index (χ1n) is 7.59. The third kappa shape index (κ3) is 5.28. The van der Waals surface area contributed by atoms with Gasteiger partial charge in [-0.2, -0.15) is 5.10 Å². The predicted octanol–water partition coefficient (Wildman–Crippen LogP) is 1.91. The second kappa shape index (κ2) is 8.54. The standard InChI is InChI=1S/C16H25N5/c1-3-21-16(18-14-19-21)12-17-10-7-11-20(2)13-15-8-5-4-6-9-15/h4-6,8-9,14,17H,3,7,10-13H2,1-2H3. The predicted molar refractivity (Wildman–Crippen MR) is 84.8 cm³/mol. The van der Waals surface area contributed by atoms with Gasteiger partial charge in [-0.05, 0) is 39.0 Å². The molecular weight excluding hydrogens is 262 g/mol. The summed E-state index contributed by atoms with van der Waals surface area (Å²) in [4.78, 5) is 6.61. The van der Waals surface area contributed by atoms with Gasteiger partial charge >= 0.3 is 0 Å². The van der Waals surface area contributed by atoms with Gasteiger partial charge in [-0.25, -0.2) is 9.67 Å². The van der Waals surface area contributed by atoms with Gasteiger partial charge in [0.25, 0.3) is 0 Å². The highest BCUT2D eigenvalue weighted by atomic mass is 15.3. The number of aromatic nitrogens is 3. The topological polar surface area (TPSA) is 46.0 Å². The van der Waals surface area contributed by atoms with Crippen molar-refractivity contribution in [1.82, 2.24) is 25.0 Å². The maximum Gasteiger partial charge on any atom is 0.140 e. The van der Waals surface area contributed by atoms with Gasteiger partial charge in [0.05, 0.1) is 6.54 Å². The molecule has 0 aliphatic heterocycles. The highest BCUT2D eigenvalue weighted by Gasteiger charge is 2.02. The van der Waals surface area contributed by atoms with E-state index in [9.17, 15) is 0 Å². The number of nitrogens with one attached hydrogen (secondary N) is 1. The molecule has 2 aromatic rings. The van der Waals surface area contributed by atoms with Gasteiger partial charge < -0.3 is 10.2 Å². The van der Waals surface area contributed by atoms with Crippen LogP contribution in [-0.2, 0) is 19.6 Å². The highest BCUT2D eigenvalue weighted by Crippen LogP contribution is 2.02. The average Bonchev–Trinajstić information content (AvgIpc) is 2.95. The van der Waals surface area contributed by atoms with Crippen LogP contribution < -0.4 is 5.32 Å². The van der Waals surface area contributed by atoms with Gasteiger partial charge in [-0.3, -0.25) is 0 Å². The van der Waals surface area contributed by atoms with E-state index in [1.165, 1.54) is 5.56 Å². The minimum atomic E-state index is 0.788. The molecule has 0 atom stereocenters. The highest BCUT2D eigenvalue weighted by molar-refractivity contribution is 5.14. The van der Waals surface area contributed by atoms with Gasteiger partial charge in [0.1, 0.15) is 12.2 Å². The molecule has 5 nitrogen and oxygen atoms in total. The van der Waals surface area contributed by atoms with Crippen LogP contribution in [0.5, 0.6) is 0 Å². The Bertz CT molecular complexity index is 508. The van der Waals surface area contributed by atoms with Crippen LogP contribution >= 0.6 is 0 Å². The largest absolute Gasteiger partial charge is 0.310 e. The first-order valence-corrected chi connectivity index (χ1v) is 7.59. The van der Waals surface area contributed by atoms with E-state index in [1.54, 1.807) is 6.33 Å². The lowest BCUT2D eigenvalue weighted by Crippen LogP contribution is -2.24. The first-order chi connectivity index (χ1) is 10.3. The van der Waals surface area contributed by atoms with E-state index in [1.807, 2.05) is 4.68 Å². The lowest BCUT2D eigenvalue weighted by atomic mass is 10.2. The Balaban J connectivity index is 1.59. The van der Waals surface area contributed by atoms with Crippen LogP contribution in [0.2, 0.25) is 0 Å². The van der Waals surface area contributed by atoms with Crippen LogP contribution in [-0.4, -0.2) is 39.8 Å². The molecule has 114 valence electrons. The fraction of sp³-hybridized carbons (Fsp3) is 0.500. The van der Waals surface area contributed by atoms with Gasteiger partial charge in [-0.1, -0.05) is 30.3 Å². The SMILES string of the molecule is CCn1ncnc1CNCCCN(C)Cc1ccccc1. The molecule has 1 aromatic heterocycles. The smallest absolute Gasteiger partial charge is 0.140 e. The molecule has 0 aliphatic carbocycles. The Morgan fingerprint density at radius 2 is 2.05 bits per heavy atom. The van der Waals surface area contributed by atoms with Crippen molar-refractivity contribution in [3.8, 4) is 0 Å². The van der Waals surface area contributed by atoms with E-state index < -0.39 is 0 Å². The van der Waals surface area contributed by atoms with E-state index >= 15 is 0 Å². The molecule has 21 heavy (non-hydrogen) atoms.